The number of pyridine rings is 1. The van der Waals surface area contributed by atoms with Gasteiger partial charge in [0.15, 0.2) is 5.82 Å². The van der Waals surface area contributed by atoms with Crippen molar-refractivity contribution in [3.05, 3.63) is 35.9 Å². The van der Waals surface area contributed by atoms with Crippen LogP contribution in [0.2, 0.25) is 0 Å². The van der Waals surface area contributed by atoms with Gasteiger partial charge < -0.3 is 14.2 Å². The minimum Gasteiger partial charge on any atom is -0.379 e. The second kappa shape index (κ2) is 7.67. The predicted molar refractivity (Wildman–Crippen MR) is 95.5 cm³/mol. The minimum atomic E-state index is -0.265. The van der Waals surface area contributed by atoms with Crippen LogP contribution in [0.25, 0.3) is 0 Å². The topological polar surface area (TPSA) is 59.3 Å². The quantitative estimate of drug-likeness (QED) is 0.825. The fraction of sp³-hybridized carbons (Fsp3) is 0.611. The highest BCUT2D eigenvalue weighted by Crippen LogP contribution is 2.30. The van der Waals surface area contributed by atoms with Gasteiger partial charge in [0.2, 0.25) is 0 Å². The minimum absolute atomic E-state index is 0.257. The second-order valence-electron chi connectivity index (χ2n) is 7.03. The third-order valence-electron chi connectivity index (χ3n) is 5.35. The molecule has 4 rings (SSSR count). The van der Waals surface area contributed by atoms with Crippen molar-refractivity contribution in [2.75, 3.05) is 44.3 Å². The van der Waals surface area contributed by atoms with Crippen LogP contribution in [0.4, 0.5) is 10.1 Å². The lowest BCUT2D eigenvalue weighted by molar-refractivity contribution is 0.0326. The summed E-state index contributed by atoms with van der Waals surface area (Å²) in [5, 5.41) is 8.91. The number of aromatic nitrogens is 4. The van der Waals surface area contributed by atoms with E-state index in [0.29, 0.717) is 5.69 Å². The van der Waals surface area contributed by atoms with Gasteiger partial charge in [0, 0.05) is 45.3 Å². The number of hydrogen-bond acceptors (Lipinski definition) is 6. The molecule has 26 heavy (non-hydrogen) atoms. The maximum absolute atomic E-state index is 14.1. The molecule has 0 bridgehead atoms. The maximum Gasteiger partial charge on any atom is 0.164 e. The number of rotatable bonds is 4. The Balaban J connectivity index is 1.48. The van der Waals surface area contributed by atoms with Crippen LogP contribution in [0, 0.1) is 5.82 Å². The van der Waals surface area contributed by atoms with E-state index in [4.69, 9.17) is 4.74 Å². The molecule has 7 nitrogen and oxygen atoms in total. The molecule has 2 fully saturated rings. The Labute approximate surface area is 152 Å². The van der Waals surface area contributed by atoms with Crippen LogP contribution in [0.15, 0.2) is 18.5 Å². The van der Waals surface area contributed by atoms with Gasteiger partial charge >= 0.3 is 0 Å². The summed E-state index contributed by atoms with van der Waals surface area (Å²) in [6, 6.07) is 1.75. The number of ether oxygens (including phenoxy) is 1. The normalized spacial score (nSPS) is 21.9. The molecule has 0 unspecified atom stereocenters. The van der Waals surface area contributed by atoms with Crippen LogP contribution in [0.3, 0.4) is 0 Å². The maximum atomic E-state index is 14.1. The fourth-order valence-electron chi connectivity index (χ4n) is 3.86. The van der Waals surface area contributed by atoms with E-state index in [9.17, 15) is 4.39 Å². The molecule has 8 heteroatoms. The van der Waals surface area contributed by atoms with Gasteiger partial charge in [-0.15, -0.1) is 10.2 Å². The van der Waals surface area contributed by atoms with E-state index in [1.54, 1.807) is 12.3 Å². The SMILES string of the molecule is Cn1c(CN2CCOCC2)nnc1[C@@H]1CCCN(c2ccncc2F)C1. The molecule has 0 saturated carbocycles. The molecule has 0 aromatic carbocycles. The lowest BCUT2D eigenvalue weighted by atomic mass is 9.96. The predicted octanol–water partition coefficient (Wildman–Crippen LogP) is 1.57. The molecule has 2 aliphatic rings. The Morgan fingerprint density at radius 2 is 2.08 bits per heavy atom. The van der Waals surface area contributed by atoms with Gasteiger partial charge in [0.25, 0.3) is 0 Å². The number of piperidine rings is 1. The number of hydrogen-bond donors (Lipinski definition) is 0. The smallest absolute Gasteiger partial charge is 0.164 e. The van der Waals surface area contributed by atoms with Crippen molar-refractivity contribution in [2.45, 2.75) is 25.3 Å². The van der Waals surface area contributed by atoms with Crippen molar-refractivity contribution in [3.8, 4) is 0 Å². The molecule has 140 valence electrons. The highest BCUT2D eigenvalue weighted by molar-refractivity contribution is 5.47. The zero-order valence-corrected chi connectivity index (χ0v) is 15.1. The lowest BCUT2D eigenvalue weighted by Crippen LogP contribution is -2.37. The van der Waals surface area contributed by atoms with E-state index in [1.165, 1.54) is 6.20 Å². The molecular weight excluding hydrogens is 335 g/mol. The summed E-state index contributed by atoms with van der Waals surface area (Å²) < 4.78 is 21.6. The summed E-state index contributed by atoms with van der Waals surface area (Å²) in [5.74, 6) is 1.97. The zero-order chi connectivity index (χ0) is 17.9. The van der Waals surface area contributed by atoms with E-state index in [0.717, 1.165) is 70.4 Å². The standard InChI is InChI=1S/C18H25FN6O/c1-23-17(13-24-7-9-26-10-8-24)21-22-18(23)14-3-2-6-25(12-14)16-4-5-20-11-15(16)19/h4-5,11,14H,2-3,6-10,12-13H2,1H3/t14-/m1/s1. The van der Waals surface area contributed by atoms with Crippen molar-refractivity contribution in [3.63, 3.8) is 0 Å². The van der Waals surface area contributed by atoms with Gasteiger partial charge in [-0.05, 0) is 18.9 Å². The Morgan fingerprint density at radius 1 is 1.23 bits per heavy atom. The molecule has 0 radical (unpaired) electrons. The first-order valence-corrected chi connectivity index (χ1v) is 9.25. The van der Waals surface area contributed by atoms with Crippen molar-refractivity contribution >= 4 is 5.69 Å². The first-order valence-electron chi connectivity index (χ1n) is 9.25. The molecular formula is C18H25FN6O. The summed E-state index contributed by atoms with van der Waals surface area (Å²) >= 11 is 0. The first-order chi connectivity index (χ1) is 12.7. The van der Waals surface area contributed by atoms with E-state index in [1.807, 2.05) is 7.05 Å². The average molecular weight is 360 g/mol. The van der Waals surface area contributed by atoms with Crippen LogP contribution < -0.4 is 4.90 Å². The Morgan fingerprint density at radius 3 is 2.88 bits per heavy atom. The Hall–Kier alpha value is -2.06. The average Bonchev–Trinajstić information content (AvgIpc) is 3.03. The fourth-order valence-corrected chi connectivity index (χ4v) is 3.86. The highest BCUT2D eigenvalue weighted by atomic mass is 19.1. The lowest BCUT2D eigenvalue weighted by Gasteiger charge is -2.34. The van der Waals surface area contributed by atoms with E-state index in [2.05, 4.69) is 29.5 Å². The molecule has 2 saturated heterocycles. The van der Waals surface area contributed by atoms with Gasteiger partial charge in [0.05, 0.1) is 31.6 Å². The summed E-state index contributed by atoms with van der Waals surface area (Å²) in [7, 11) is 2.04. The molecule has 2 aromatic rings. The Bertz CT molecular complexity index is 745. The number of halogens is 1. The first kappa shape index (κ1) is 17.4. The number of nitrogens with zero attached hydrogens (tertiary/aromatic N) is 6. The van der Waals surface area contributed by atoms with Crippen LogP contribution in [0.1, 0.15) is 30.4 Å². The molecule has 0 amide bonds. The monoisotopic (exact) mass is 360 g/mol. The van der Waals surface area contributed by atoms with Crippen molar-refractivity contribution in [1.82, 2.24) is 24.6 Å². The molecule has 0 N–H and O–H groups in total. The summed E-state index contributed by atoms with van der Waals surface area (Å²) in [6.07, 6.45) is 4.98. The molecule has 2 aliphatic heterocycles. The molecule has 2 aromatic heterocycles. The van der Waals surface area contributed by atoms with Crippen molar-refractivity contribution in [1.29, 1.82) is 0 Å². The summed E-state index contributed by atoms with van der Waals surface area (Å²) in [6.45, 7) is 5.82. The number of morpholine rings is 1. The molecule has 1 atom stereocenters. The van der Waals surface area contributed by atoms with Gasteiger partial charge in [-0.3, -0.25) is 9.88 Å². The zero-order valence-electron chi connectivity index (χ0n) is 15.1. The molecule has 0 spiro atoms. The van der Waals surface area contributed by atoms with Crippen LogP contribution in [-0.2, 0) is 18.3 Å². The van der Waals surface area contributed by atoms with Gasteiger partial charge in [0.1, 0.15) is 11.6 Å². The van der Waals surface area contributed by atoms with E-state index >= 15 is 0 Å². The third kappa shape index (κ3) is 3.57. The third-order valence-corrected chi connectivity index (χ3v) is 5.35. The van der Waals surface area contributed by atoms with Crippen LogP contribution in [0.5, 0.6) is 0 Å². The van der Waals surface area contributed by atoms with Gasteiger partial charge in [-0.2, -0.15) is 0 Å². The highest BCUT2D eigenvalue weighted by Gasteiger charge is 2.27. The van der Waals surface area contributed by atoms with Gasteiger partial charge in [-0.25, -0.2) is 4.39 Å². The molecule has 4 heterocycles. The van der Waals surface area contributed by atoms with E-state index in [-0.39, 0.29) is 11.7 Å². The second-order valence-corrected chi connectivity index (χ2v) is 7.03. The van der Waals surface area contributed by atoms with E-state index < -0.39 is 0 Å². The molecule has 0 aliphatic carbocycles. The van der Waals surface area contributed by atoms with Gasteiger partial charge in [-0.1, -0.05) is 0 Å². The van der Waals surface area contributed by atoms with Crippen LogP contribution >= 0.6 is 0 Å². The summed E-state index contributed by atoms with van der Waals surface area (Å²) in [4.78, 5) is 8.29. The summed E-state index contributed by atoms with van der Waals surface area (Å²) in [5.41, 5.74) is 0.625. The van der Waals surface area contributed by atoms with Crippen molar-refractivity contribution in [2.24, 2.45) is 7.05 Å². The Kier molecular flexibility index (Phi) is 5.12. The number of anilines is 1. The van der Waals surface area contributed by atoms with Crippen molar-refractivity contribution < 1.29 is 9.13 Å². The largest absolute Gasteiger partial charge is 0.379 e. The van der Waals surface area contributed by atoms with Crippen LogP contribution in [-0.4, -0.2) is 64.0 Å².